The number of aliphatic carboxylic acids is 1. The van der Waals surface area contributed by atoms with Gasteiger partial charge in [-0.15, -0.1) is 0 Å². The van der Waals surface area contributed by atoms with Crippen LogP contribution in [0.4, 0.5) is 0 Å². The van der Waals surface area contributed by atoms with Crippen LogP contribution in [-0.4, -0.2) is 43.5 Å². The highest BCUT2D eigenvalue weighted by molar-refractivity contribution is 7.90. The summed E-state index contributed by atoms with van der Waals surface area (Å²) in [6, 6.07) is -1.13. The van der Waals surface area contributed by atoms with Gasteiger partial charge in [0.15, 0.2) is 0 Å². The number of nitrogens with one attached hydrogen (secondary N) is 1. The van der Waals surface area contributed by atoms with Crippen molar-refractivity contribution in [3.05, 3.63) is 0 Å². The Bertz CT molecular complexity index is 335. The van der Waals surface area contributed by atoms with Crippen LogP contribution in [0.1, 0.15) is 19.8 Å². The van der Waals surface area contributed by atoms with Crippen molar-refractivity contribution in [2.75, 3.05) is 12.0 Å². The first-order chi connectivity index (χ1) is 6.76. The molecule has 0 radical (unpaired) electrons. The molecule has 2 N–H and O–H groups in total. The van der Waals surface area contributed by atoms with Gasteiger partial charge in [0.2, 0.25) is 5.91 Å². The van der Waals surface area contributed by atoms with Crippen LogP contribution in [0.5, 0.6) is 0 Å². The number of hydrogen-bond acceptors (Lipinski definition) is 4. The highest BCUT2D eigenvalue weighted by Gasteiger charge is 2.20. The van der Waals surface area contributed by atoms with E-state index in [1.165, 1.54) is 0 Å². The first-order valence-electron chi connectivity index (χ1n) is 4.46. The maximum atomic E-state index is 10.9. The average molecular weight is 237 g/mol. The fourth-order valence-electron chi connectivity index (χ4n) is 0.886. The van der Waals surface area contributed by atoms with Crippen LogP contribution >= 0.6 is 0 Å². The molecular formula is C8H15NO5S. The Balaban J connectivity index is 4.30. The normalized spacial score (nSPS) is 13.2. The van der Waals surface area contributed by atoms with E-state index >= 15 is 0 Å². The molecule has 0 aliphatic heterocycles. The summed E-state index contributed by atoms with van der Waals surface area (Å²) in [5.41, 5.74) is 0. The molecule has 0 saturated heterocycles. The summed E-state index contributed by atoms with van der Waals surface area (Å²) >= 11 is 0. The van der Waals surface area contributed by atoms with Gasteiger partial charge in [-0.2, -0.15) is 0 Å². The molecular weight excluding hydrogens is 222 g/mol. The number of carboxylic acids is 1. The second-order valence-electron chi connectivity index (χ2n) is 3.23. The molecule has 7 heteroatoms. The van der Waals surface area contributed by atoms with Gasteiger partial charge in [0.1, 0.15) is 15.9 Å². The van der Waals surface area contributed by atoms with Gasteiger partial charge in [0, 0.05) is 12.7 Å². The number of rotatable bonds is 6. The largest absolute Gasteiger partial charge is 0.480 e. The van der Waals surface area contributed by atoms with Crippen LogP contribution in [0.25, 0.3) is 0 Å². The standard InChI is InChI=1S/C8H15NO5S/c1-3-7(10)9-6(8(11)12)4-5-15(2,13)14/h6H,3-5H2,1-2H3,(H,9,10)(H,11,12)/t6-/m0/s1. The highest BCUT2D eigenvalue weighted by Crippen LogP contribution is 1.97. The maximum Gasteiger partial charge on any atom is 0.326 e. The lowest BCUT2D eigenvalue weighted by molar-refractivity contribution is -0.141. The van der Waals surface area contributed by atoms with Gasteiger partial charge in [-0.3, -0.25) is 4.79 Å². The van der Waals surface area contributed by atoms with Gasteiger partial charge in [0.05, 0.1) is 5.75 Å². The van der Waals surface area contributed by atoms with Crippen LogP contribution in [0.3, 0.4) is 0 Å². The van der Waals surface area contributed by atoms with Gasteiger partial charge >= 0.3 is 5.97 Å². The van der Waals surface area contributed by atoms with E-state index in [9.17, 15) is 18.0 Å². The van der Waals surface area contributed by atoms with Gasteiger partial charge in [-0.25, -0.2) is 13.2 Å². The molecule has 15 heavy (non-hydrogen) atoms. The Morgan fingerprint density at radius 1 is 1.40 bits per heavy atom. The Hall–Kier alpha value is -1.11. The monoisotopic (exact) mass is 237 g/mol. The minimum absolute atomic E-state index is 0.111. The lowest BCUT2D eigenvalue weighted by Gasteiger charge is -2.12. The lowest BCUT2D eigenvalue weighted by atomic mass is 10.2. The molecule has 6 nitrogen and oxygen atoms in total. The molecule has 88 valence electrons. The van der Waals surface area contributed by atoms with E-state index in [1.807, 2.05) is 0 Å². The number of amides is 1. The molecule has 0 saturated carbocycles. The molecule has 0 fully saturated rings. The SMILES string of the molecule is CCC(=O)N[C@@H](CCS(C)(=O)=O)C(=O)O. The van der Waals surface area contributed by atoms with E-state index in [0.29, 0.717) is 0 Å². The molecule has 0 aromatic rings. The molecule has 0 aliphatic rings. The van der Waals surface area contributed by atoms with Crippen molar-refractivity contribution >= 4 is 21.7 Å². The zero-order chi connectivity index (χ0) is 12.1. The number of carbonyl (C=O) groups excluding carboxylic acids is 1. The summed E-state index contributed by atoms with van der Waals surface area (Å²) in [4.78, 5) is 21.6. The summed E-state index contributed by atoms with van der Waals surface area (Å²) in [5.74, 6) is -1.88. The van der Waals surface area contributed by atoms with Crippen molar-refractivity contribution in [2.24, 2.45) is 0 Å². The molecule has 0 aromatic carbocycles. The third kappa shape index (κ3) is 6.89. The molecule has 0 unspecified atom stereocenters. The minimum atomic E-state index is -3.21. The number of hydrogen-bond donors (Lipinski definition) is 2. The van der Waals surface area contributed by atoms with Crippen LogP contribution in [0.15, 0.2) is 0 Å². The summed E-state index contributed by atoms with van der Waals surface area (Å²) in [6.45, 7) is 1.59. The molecule has 1 atom stereocenters. The fraction of sp³-hybridized carbons (Fsp3) is 0.750. The van der Waals surface area contributed by atoms with E-state index in [4.69, 9.17) is 5.11 Å². The van der Waals surface area contributed by atoms with Crippen molar-refractivity contribution in [3.8, 4) is 0 Å². The molecule has 0 aliphatic carbocycles. The van der Waals surface area contributed by atoms with Crippen LogP contribution < -0.4 is 5.32 Å². The van der Waals surface area contributed by atoms with Crippen LogP contribution in [0, 0.1) is 0 Å². The number of sulfone groups is 1. The van der Waals surface area contributed by atoms with Crippen molar-refractivity contribution < 1.29 is 23.1 Å². The van der Waals surface area contributed by atoms with Crippen molar-refractivity contribution in [1.29, 1.82) is 0 Å². The molecule has 0 rings (SSSR count). The minimum Gasteiger partial charge on any atom is -0.480 e. The summed E-state index contributed by atoms with van der Waals surface area (Å²) in [7, 11) is -3.21. The summed E-state index contributed by atoms with van der Waals surface area (Å²) < 4.78 is 21.6. The average Bonchev–Trinajstić information content (AvgIpc) is 2.09. The predicted octanol–water partition coefficient (Wildman–Crippen LogP) is -0.599. The Kier molecular flexibility index (Phi) is 5.27. The number of carboxylic acid groups (broad SMARTS) is 1. The van der Waals surface area contributed by atoms with Crippen molar-refractivity contribution in [2.45, 2.75) is 25.8 Å². The summed E-state index contributed by atoms with van der Waals surface area (Å²) in [5, 5.41) is 10.9. The van der Waals surface area contributed by atoms with E-state index < -0.39 is 27.8 Å². The smallest absolute Gasteiger partial charge is 0.326 e. The van der Waals surface area contributed by atoms with Gasteiger partial charge in [0.25, 0.3) is 0 Å². The second-order valence-corrected chi connectivity index (χ2v) is 5.49. The zero-order valence-corrected chi connectivity index (χ0v) is 9.50. The molecule has 0 heterocycles. The van der Waals surface area contributed by atoms with E-state index in [-0.39, 0.29) is 18.6 Å². The third-order valence-corrected chi connectivity index (χ3v) is 2.71. The zero-order valence-electron chi connectivity index (χ0n) is 8.69. The summed E-state index contributed by atoms with van der Waals surface area (Å²) in [6.07, 6.45) is 1.08. The second kappa shape index (κ2) is 5.69. The quantitative estimate of drug-likeness (QED) is 0.642. The van der Waals surface area contributed by atoms with E-state index in [0.717, 1.165) is 6.26 Å². The van der Waals surface area contributed by atoms with Crippen molar-refractivity contribution in [3.63, 3.8) is 0 Å². The first kappa shape index (κ1) is 13.9. The van der Waals surface area contributed by atoms with Crippen LogP contribution in [0.2, 0.25) is 0 Å². The lowest BCUT2D eigenvalue weighted by Crippen LogP contribution is -2.41. The predicted molar refractivity (Wildman–Crippen MR) is 54.2 cm³/mol. The molecule has 0 bridgehead atoms. The number of carbonyl (C=O) groups is 2. The Morgan fingerprint density at radius 3 is 2.27 bits per heavy atom. The fourth-order valence-corrected chi connectivity index (χ4v) is 1.55. The Morgan fingerprint density at radius 2 is 1.93 bits per heavy atom. The molecule has 1 amide bonds. The van der Waals surface area contributed by atoms with Crippen molar-refractivity contribution in [1.82, 2.24) is 5.32 Å². The van der Waals surface area contributed by atoms with Gasteiger partial charge < -0.3 is 10.4 Å². The highest BCUT2D eigenvalue weighted by atomic mass is 32.2. The molecule has 0 aromatic heterocycles. The van der Waals surface area contributed by atoms with E-state index in [2.05, 4.69) is 5.32 Å². The molecule has 0 spiro atoms. The van der Waals surface area contributed by atoms with Crippen LogP contribution in [-0.2, 0) is 19.4 Å². The Labute approximate surface area is 88.6 Å². The topological polar surface area (TPSA) is 101 Å². The third-order valence-electron chi connectivity index (χ3n) is 1.73. The first-order valence-corrected chi connectivity index (χ1v) is 6.52. The maximum absolute atomic E-state index is 10.9. The van der Waals surface area contributed by atoms with Gasteiger partial charge in [-0.1, -0.05) is 6.92 Å². The van der Waals surface area contributed by atoms with Gasteiger partial charge in [-0.05, 0) is 6.42 Å². The van der Waals surface area contributed by atoms with E-state index in [1.54, 1.807) is 6.92 Å².